The Morgan fingerprint density at radius 1 is 1.03 bits per heavy atom. The van der Waals surface area contributed by atoms with Crippen LogP contribution in [0.2, 0.25) is 5.02 Å². The van der Waals surface area contributed by atoms with Gasteiger partial charge in [0.2, 0.25) is 0 Å². The second-order valence-corrected chi connectivity index (χ2v) is 7.09. The van der Waals surface area contributed by atoms with Crippen LogP contribution in [0.5, 0.6) is 5.75 Å². The molecule has 0 unspecified atom stereocenters. The van der Waals surface area contributed by atoms with Gasteiger partial charge in [-0.15, -0.1) is 0 Å². The third kappa shape index (κ3) is 5.38. The molecule has 3 aromatic carbocycles. The minimum Gasteiger partial charge on any atom is -0.489 e. The molecule has 1 aromatic heterocycles. The largest absolute Gasteiger partial charge is 0.489 e. The number of H-pyrrole nitrogens is 1. The van der Waals surface area contributed by atoms with Crippen molar-refractivity contribution in [1.82, 2.24) is 15.6 Å². The van der Waals surface area contributed by atoms with E-state index in [0.29, 0.717) is 28.8 Å². The van der Waals surface area contributed by atoms with Crippen molar-refractivity contribution in [3.05, 3.63) is 107 Å². The van der Waals surface area contributed by atoms with Gasteiger partial charge in [0.05, 0.1) is 11.9 Å². The first-order valence-corrected chi connectivity index (χ1v) is 9.97. The number of hydrogen-bond acceptors (Lipinski definition) is 4. The van der Waals surface area contributed by atoms with Gasteiger partial charge in [0.1, 0.15) is 18.1 Å². The van der Waals surface area contributed by atoms with E-state index in [-0.39, 0.29) is 5.91 Å². The van der Waals surface area contributed by atoms with Crippen molar-refractivity contribution < 1.29 is 9.53 Å². The molecule has 1 amide bonds. The molecule has 1 heterocycles. The molecule has 2 N–H and O–H groups in total. The summed E-state index contributed by atoms with van der Waals surface area (Å²) in [5, 5.41) is 11.6. The van der Waals surface area contributed by atoms with E-state index in [2.05, 4.69) is 20.7 Å². The molecule has 4 rings (SSSR count). The minimum absolute atomic E-state index is 0.319. The lowest BCUT2D eigenvalue weighted by Crippen LogP contribution is -2.17. The summed E-state index contributed by atoms with van der Waals surface area (Å²) in [6, 6.07) is 26.2. The highest BCUT2D eigenvalue weighted by Gasteiger charge is 2.10. The number of ether oxygens (including phenoxy) is 1. The lowest BCUT2D eigenvalue weighted by molar-refractivity contribution is 0.0950. The molecule has 0 saturated heterocycles. The number of halogens is 1. The van der Waals surface area contributed by atoms with Gasteiger partial charge < -0.3 is 4.74 Å². The van der Waals surface area contributed by atoms with Crippen LogP contribution in [-0.2, 0) is 6.61 Å². The first-order chi connectivity index (χ1) is 15.2. The summed E-state index contributed by atoms with van der Waals surface area (Å²) < 4.78 is 5.80. The third-order valence-electron chi connectivity index (χ3n) is 4.50. The van der Waals surface area contributed by atoms with E-state index in [0.717, 1.165) is 16.7 Å². The fourth-order valence-corrected chi connectivity index (χ4v) is 3.04. The van der Waals surface area contributed by atoms with Gasteiger partial charge in [-0.3, -0.25) is 9.89 Å². The Hall–Kier alpha value is -3.90. The number of nitrogens with one attached hydrogen (secondary N) is 2. The number of rotatable bonds is 7. The number of hydrogen-bond donors (Lipinski definition) is 2. The molecule has 0 fully saturated rings. The average Bonchev–Trinajstić information content (AvgIpc) is 3.30. The smallest absolute Gasteiger partial charge is 0.289 e. The number of carbonyl (C=O) groups excluding carboxylic acids is 1. The van der Waals surface area contributed by atoms with Gasteiger partial charge >= 0.3 is 0 Å². The van der Waals surface area contributed by atoms with E-state index in [1.54, 1.807) is 12.3 Å². The predicted molar refractivity (Wildman–Crippen MR) is 121 cm³/mol. The predicted octanol–water partition coefficient (Wildman–Crippen LogP) is 5.07. The summed E-state index contributed by atoms with van der Waals surface area (Å²) >= 11 is 6.15. The van der Waals surface area contributed by atoms with Crippen molar-refractivity contribution in [3.8, 4) is 17.0 Å². The molecule has 4 aromatic rings. The first-order valence-electron chi connectivity index (χ1n) is 9.59. The van der Waals surface area contributed by atoms with Crippen molar-refractivity contribution in [2.24, 2.45) is 5.10 Å². The van der Waals surface area contributed by atoms with E-state index in [9.17, 15) is 4.79 Å². The number of hydrazone groups is 1. The van der Waals surface area contributed by atoms with Crippen LogP contribution in [0.1, 0.15) is 21.6 Å². The van der Waals surface area contributed by atoms with E-state index >= 15 is 0 Å². The van der Waals surface area contributed by atoms with Crippen molar-refractivity contribution in [2.75, 3.05) is 0 Å². The van der Waals surface area contributed by atoms with Crippen LogP contribution < -0.4 is 10.2 Å². The molecule has 6 nitrogen and oxygen atoms in total. The van der Waals surface area contributed by atoms with Gasteiger partial charge in [-0.05, 0) is 42.0 Å². The van der Waals surface area contributed by atoms with E-state index in [1.165, 1.54) is 0 Å². The monoisotopic (exact) mass is 430 g/mol. The van der Waals surface area contributed by atoms with Crippen LogP contribution >= 0.6 is 11.6 Å². The molecular weight excluding hydrogens is 412 g/mol. The molecule has 0 aliphatic carbocycles. The second kappa shape index (κ2) is 9.73. The number of nitrogens with zero attached hydrogens (tertiary/aromatic N) is 2. The molecule has 31 heavy (non-hydrogen) atoms. The summed E-state index contributed by atoms with van der Waals surface area (Å²) in [7, 11) is 0. The maximum Gasteiger partial charge on any atom is 0.289 e. The molecule has 0 bridgehead atoms. The van der Waals surface area contributed by atoms with E-state index in [1.807, 2.05) is 78.9 Å². The molecule has 0 atom stereocenters. The third-order valence-corrected chi connectivity index (χ3v) is 4.87. The molecule has 0 aliphatic heterocycles. The van der Waals surface area contributed by atoms with Crippen LogP contribution in [-0.4, -0.2) is 22.3 Å². The van der Waals surface area contributed by atoms with Gasteiger partial charge in [0.15, 0.2) is 0 Å². The van der Waals surface area contributed by atoms with Gasteiger partial charge in [-0.25, -0.2) is 5.43 Å². The minimum atomic E-state index is -0.370. The lowest BCUT2D eigenvalue weighted by Gasteiger charge is -2.08. The Morgan fingerprint density at radius 3 is 2.55 bits per heavy atom. The molecular formula is C24H19ClN4O2. The first kappa shape index (κ1) is 20.4. The van der Waals surface area contributed by atoms with Gasteiger partial charge in [-0.2, -0.15) is 10.2 Å². The van der Waals surface area contributed by atoms with Gasteiger partial charge in [0, 0.05) is 16.1 Å². The molecule has 154 valence electrons. The molecule has 0 aliphatic rings. The second-order valence-electron chi connectivity index (χ2n) is 6.68. The highest BCUT2D eigenvalue weighted by atomic mass is 35.5. The Labute approximate surface area is 184 Å². The quantitative estimate of drug-likeness (QED) is 0.317. The normalized spacial score (nSPS) is 10.9. The Kier molecular flexibility index (Phi) is 6.40. The average molecular weight is 431 g/mol. The van der Waals surface area contributed by atoms with Crippen molar-refractivity contribution in [1.29, 1.82) is 0 Å². The summed E-state index contributed by atoms with van der Waals surface area (Å²) in [5.41, 5.74) is 6.12. The number of aromatic nitrogens is 2. The van der Waals surface area contributed by atoms with E-state index < -0.39 is 0 Å². The lowest BCUT2D eigenvalue weighted by atomic mass is 10.1. The van der Waals surface area contributed by atoms with Gasteiger partial charge in [0.25, 0.3) is 5.91 Å². The Balaban J connectivity index is 1.35. The fraction of sp³-hybridized carbons (Fsp3) is 0.0417. The van der Waals surface area contributed by atoms with E-state index in [4.69, 9.17) is 16.3 Å². The van der Waals surface area contributed by atoms with Crippen LogP contribution in [0.25, 0.3) is 11.3 Å². The van der Waals surface area contributed by atoms with Crippen molar-refractivity contribution in [3.63, 3.8) is 0 Å². The topological polar surface area (TPSA) is 79.4 Å². The van der Waals surface area contributed by atoms with Crippen molar-refractivity contribution >= 4 is 23.7 Å². The van der Waals surface area contributed by atoms with Crippen LogP contribution in [0.3, 0.4) is 0 Å². The Morgan fingerprint density at radius 2 is 1.77 bits per heavy atom. The standard InChI is InChI=1S/C24H19ClN4O2/c25-21-9-5-4-8-19(21)16-31-20-12-10-18(11-13-20)22-14-23(28-27-22)24(30)29-26-15-17-6-2-1-3-7-17/h1-15H,16H2,(H,27,28)(H,29,30)/b26-15+. The van der Waals surface area contributed by atoms with Crippen molar-refractivity contribution in [2.45, 2.75) is 6.61 Å². The Bertz CT molecular complexity index is 1190. The highest BCUT2D eigenvalue weighted by molar-refractivity contribution is 6.31. The zero-order valence-corrected chi connectivity index (χ0v) is 17.2. The molecule has 0 radical (unpaired) electrons. The number of benzene rings is 3. The zero-order valence-electron chi connectivity index (χ0n) is 16.5. The highest BCUT2D eigenvalue weighted by Crippen LogP contribution is 2.23. The molecule has 0 spiro atoms. The fourth-order valence-electron chi connectivity index (χ4n) is 2.85. The summed E-state index contributed by atoms with van der Waals surface area (Å²) in [6.45, 7) is 0.384. The summed E-state index contributed by atoms with van der Waals surface area (Å²) in [5.74, 6) is 0.345. The summed E-state index contributed by atoms with van der Waals surface area (Å²) in [6.07, 6.45) is 1.58. The maximum absolute atomic E-state index is 12.3. The van der Waals surface area contributed by atoms with Crippen LogP contribution in [0, 0.1) is 0 Å². The molecule has 0 saturated carbocycles. The number of carbonyl (C=O) groups is 1. The maximum atomic E-state index is 12.3. The summed E-state index contributed by atoms with van der Waals surface area (Å²) in [4.78, 5) is 12.3. The van der Waals surface area contributed by atoms with Crippen LogP contribution in [0.15, 0.2) is 90.0 Å². The molecule has 7 heteroatoms. The number of aromatic amines is 1. The SMILES string of the molecule is O=C(N/N=C/c1ccccc1)c1cc(-c2ccc(OCc3ccccc3Cl)cc2)n[nH]1. The zero-order chi connectivity index (χ0) is 21.5. The number of amides is 1. The van der Waals surface area contributed by atoms with Gasteiger partial charge in [-0.1, -0.05) is 60.1 Å². The van der Waals surface area contributed by atoms with Crippen LogP contribution in [0.4, 0.5) is 0 Å².